The lowest BCUT2D eigenvalue weighted by Crippen LogP contribution is -2.07. The summed E-state index contributed by atoms with van der Waals surface area (Å²) in [6.07, 6.45) is 1.09. The summed E-state index contributed by atoms with van der Waals surface area (Å²) >= 11 is 1.56. The number of methoxy groups -OCH3 is 1. The summed E-state index contributed by atoms with van der Waals surface area (Å²) in [4.78, 5) is 12.5. The number of nitrogens with zero attached hydrogens (tertiary/aromatic N) is 3. The molecular weight excluding hydrogens is 379 g/mol. The third kappa shape index (κ3) is 4.17. The van der Waals surface area contributed by atoms with E-state index in [-0.39, 0.29) is 18.4 Å². The zero-order valence-electron chi connectivity index (χ0n) is 15.1. The fourth-order valence-electron chi connectivity index (χ4n) is 2.61. The van der Waals surface area contributed by atoms with E-state index in [4.69, 9.17) is 9.47 Å². The number of hydrogen-bond donors (Lipinski definition) is 1. The Hall–Kier alpha value is -3.26. The third-order valence-corrected chi connectivity index (χ3v) is 5.01. The van der Waals surface area contributed by atoms with Gasteiger partial charge < -0.3 is 14.8 Å². The van der Waals surface area contributed by atoms with Gasteiger partial charge in [0.25, 0.3) is 0 Å². The van der Waals surface area contributed by atoms with Gasteiger partial charge in [0.15, 0.2) is 11.6 Å². The molecule has 6 nitrogen and oxygen atoms in total. The molecule has 0 fully saturated rings. The van der Waals surface area contributed by atoms with Gasteiger partial charge in [-0.25, -0.2) is 14.4 Å². The van der Waals surface area contributed by atoms with Crippen LogP contribution in [0.25, 0.3) is 10.2 Å². The predicted octanol–water partition coefficient (Wildman–Crippen LogP) is 4.43. The van der Waals surface area contributed by atoms with Gasteiger partial charge >= 0.3 is 6.01 Å². The second-order valence-corrected chi connectivity index (χ2v) is 7.03. The van der Waals surface area contributed by atoms with Crippen LogP contribution in [-0.4, -0.2) is 22.1 Å². The maximum absolute atomic E-state index is 14.1. The van der Waals surface area contributed by atoms with Gasteiger partial charge in [0.05, 0.1) is 30.1 Å². The fourth-order valence-corrected chi connectivity index (χ4v) is 3.52. The van der Waals surface area contributed by atoms with E-state index in [1.54, 1.807) is 18.4 Å². The van der Waals surface area contributed by atoms with Crippen LogP contribution < -0.4 is 14.8 Å². The Labute approximate surface area is 165 Å². The summed E-state index contributed by atoms with van der Waals surface area (Å²) in [5.74, 6) is 0.268. The summed E-state index contributed by atoms with van der Waals surface area (Å²) < 4.78 is 25.9. The first-order valence-electron chi connectivity index (χ1n) is 8.58. The minimum Gasteiger partial charge on any atom is -0.497 e. The van der Waals surface area contributed by atoms with E-state index >= 15 is 0 Å². The SMILES string of the molecule is COc1cccc(COc2ncc(F)c(NCc3nc4ccccc4s3)n2)c1. The van der Waals surface area contributed by atoms with Crippen molar-refractivity contribution in [1.29, 1.82) is 0 Å². The maximum atomic E-state index is 14.1. The first-order chi connectivity index (χ1) is 13.7. The smallest absolute Gasteiger partial charge is 0.318 e. The lowest BCUT2D eigenvalue weighted by molar-refractivity contribution is 0.279. The molecule has 8 heteroatoms. The van der Waals surface area contributed by atoms with Crippen LogP contribution in [0.15, 0.2) is 54.7 Å². The summed E-state index contributed by atoms with van der Waals surface area (Å²) in [6.45, 7) is 0.614. The Kier molecular flexibility index (Phi) is 5.29. The third-order valence-electron chi connectivity index (χ3n) is 3.97. The summed E-state index contributed by atoms with van der Waals surface area (Å²) in [5.41, 5.74) is 1.83. The summed E-state index contributed by atoms with van der Waals surface area (Å²) in [6, 6.07) is 15.4. The minimum atomic E-state index is -0.546. The second kappa shape index (κ2) is 8.18. The van der Waals surface area contributed by atoms with Gasteiger partial charge in [0, 0.05) is 0 Å². The Morgan fingerprint density at radius 1 is 1.11 bits per heavy atom. The molecule has 0 aliphatic carbocycles. The van der Waals surface area contributed by atoms with Crippen molar-refractivity contribution in [2.24, 2.45) is 0 Å². The van der Waals surface area contributed by atoms with Crippen molar-refractivity contribution in [3.8, 4) is 11.8 Å². The molecule has 0 amide bonds. The number of ether oxygens (including phenoxy) is 2. The molecule has 0 unspecified atom stereocenters. The number of aromatic nitrogens is 3. The molecule has 0 spiro atoms. The Bertz CT molecular complexity index is 1070. The summed E-state index contributed by atoms with van der Waals surface area (Å²) in [5, 5.41) is 3.81. The van der Waals surface area contributed by atoms with Crippen molar-refractivity contribution >= 4 is 27.4 Å². The van der Waals surface area contributed by atoms with Gasteiger partial charge in [-0.2, -0.15) is 4.98 Å². The molecular formula is C20H17FN4O2S. The van der Waals surface area contributed by atoms with Crippen LogP contribution in [0, 0.1) is 5.82 Å². The largest absolute Gasteiger partial charge is 0.497 e. The molecule has 0 aliphatic heterocycles. The normalized spacial score (nSPS) is 10.8. The Morgan fingerprint density at radius 3 is 2.86 bits per heavy atom. The molecule has 142 valence electrons. The molecule has 0 aliphatic rings. The van der Waals surface area contributed by atoms with Crippen molar-refractivity contribution in [3.63, 3.8) is 0 Å². The number of anilines is 1. The fraction of sp³-hybridized carbons (Fsp3) is 0.150. The van der Waals surface area contributed by atoms with E-state index < -0.39 is 5.82 Å². The van der Waals surface area contributed by atoms with Crippen molar-refractivity contribution in [2.75, 3.05) is 12.4 Å². The molecule has 1 N–H and O–H groups in total. The summed E-state index contributed by atoms with van der Waals surface area (Å²) in [7, 11) is 1.60. The van der Waals surface area contributed by atoms with Crippen molar-refractivity contribution in [3.05, 3.63) is 71.1 Å². The zero-order valence-corrected chi connectivity index (χ0v) is 15.9. The number of thiazole rings is 1. The van der Waals surface area contributed by atoms with Gasteiger partial charge in [-0.15, -0.1) is 11.3 Å². The first-order valence-corrected chi connectivity index (χ1v) is 9.39. The van der Waals surface area contributed by atoms with E-state index in [0.717, 1.165) is 32.7 Å². The first kappa shape index (κ1) is 18.1. The average Bonchev–Trinajstić information content (AvgIpc) is 3.15. The van der Waals surface area contributed by atoms with E-state index in [9.17, 15) is 4.39 Å². The highest BCUT2D eigenvalue weighted by Crippen LogP contribution is 2.23. The van der Waals surface area contributed by atoms with Crippen LogP contribution in [0.5, 0.6) is 11.8 Å². The van der Waals surface area contributed by atoms with Gasteiger partial charge in [-0.1, -0.05) is 24.3 Å². The highest BCUT2D eigenvalue weighted by molar-refractivity contribution is 7.18. The highest BCUT2D eigenvalue weighted by Gasteiger charge is 2.10. The van der Waals surface area contributed by atoms with Crippen LogP contribution in [0.2, 0.25) is 0 Å². The zero-order chi connectivity index (χ0) is 19.3. The standard InChI is InChI=1S/C20H17FN4O2S/c1-26-14-6-4-5-13(9-14)12-27-20-23-10-15(21)19(25-20)22-11-18-24-16-7-2-3-8-17(16)28-18/h2-10H,11-12H2,1H3,(H,22,23,25). The highest BCUT2D eigenvalue weighted by atomic mass is 32.1. The number of halogens is 1. The molecule has 0 atom stereocenters. The number of para-hydroxylation sites is 1. The van der Waals surface area contributed by atoms with E-state index in [0.29, 0.717) is 6.54 Å². The number of nitrogens with one attached hydrogen (secondary N) is 1. The monoisotopic (exact) mass is 396 g/mol. The van der Waals surface area contributed by atoms with Crippen LogP contribution >= 0.6 is 11.3 Å². The number of rotatable bonds is 7. The van der Waals surface area contributed by atoms with Gasteiger partial charge in [0.2, 0.25) is 0 Å². The number of hydrogen-bond acceptors (Lipinski definition) is 7. The molecule has 4 aromatic rings. The molecule has 2 aromatic heterocycles. The maximum Gasteiger partial charge on any atom is 0.318 e. The van der Waals surface area contributed by atoms with Crippen molar-refractivity contribution in [1.82, 2.24) is 15.0 Å². The van der Waals surface area contributed by atoms with E-state index in [1.807, 2.05) is 48.5 Å². The molecule has 4 rings (SSSR count). The molecule has 2 heterocycles. The van der Waals surface area contributed by atoms with Gasteiger partial charge in [-0.3, -0.25) is 0 Å². The molecule has 0 bridgehead atoms. The van der Waals surface area contributed by atoms with Gasteiger partial charge in [0.1, 0.15) is 17.4 Å². The lowest BCUT2D eigenvalue weighted by atomic mass is 10.2. The molecule has 28 heavy (non-hydrogen) atoms. The second-order valence-electron chi connectivity index (χ2n) is 5.92. The molecule has 2 aromatic carbocycles. The van der Waals surface area contributed by atoms with Crippen LogP contribution in [0.4, 0.5) is 10.2 Å². The predicted molar refractivity (Wildman–Crippen MR) is 106 cm³/mol. The number of benzene rings is 2. The lowest BCUT2D eigenvalue weighted by Gasteiger charge is -2.09. The van der Waals surface area contributed by atoms with E-state index in [1.165, 1.54) is 0 Å². The molecule has 0 saturated heterocycles. The Morgan fingerprint density at radius 2 is 2.00 bits per heavy atom. The molecule has 0 saturated carbocycles. The molecule has 0 radical (unpaired) electrons. The quantitative estimate of drug-likeness (QED) is 0.499. The van der Waals surface area contributed by atoms with E-state index in [2.05, 4.69) is 20.3 Å². The van der Waals surface area contributed by atoms with Crippen LogP contribution in [-0.2, 0) is 13.2 Å². The van der Waals surface area contributed by atoms with Crippen molar-refractivity contribution in [2.45, 2.75) is 13.2 Å². The van der Waals surface area contributed by atoms with Crippen molar-refractivity contribution < 1.29 is 13.9 Å². The topological polar surface area (TPSA) is 69.2 Å². The van der Waals surface area contributed by atoms with Crippen LogP contribution in [0.3, 0.4) is 0 Å². The number of fused-ring (bicyclic) bond motifs is 1. The minimum absolute atomic E-state index is 0.0786. The Balaban J connectivity index is 1.42. The van der Waals surface area contributed by atoms with Crippen LogP contribution in [0.1, 0.15) is 10.6 Å². The average molecular weight is 396 g/mol. The van der Waals surface area contributed by atoms with Gasteiger partial charge in [-0.05, 0) is 29.8 Å².